The van der Waals surface area contributed by atoms with Crippen molar-refractivity contribution in [1.29, 1.82) is 0 Å². The molecule has 6 heteroatoms. The average Bonchev–Trinajstić information content (AvgIpc) is 2.42. The first-order valence-electron chi connectivity index (χ1n) is 6.31. The Hall–Kier alpha value is -1.37. The van der Waals surface area contributed by atoms with Crippen molar-refractivity contribution < 1.29 is 12.8 Å². The molecular formula is C15H16FNO2S2. The van der Waals surface area contributed by atoms with Gasteiger partial charge in [0.2, 0.25) is 0 Å². The number of hydrogen-bond acceptors (Lipinski definition) is 4. The summed E-state index contributed by atoms with van der Waals surface area (Å²) in [5.41, 5.74) is 0.881. The number of nitrogens with one attached hydrogen (secondary N) is 1. The van der Waals surface area contributed by atoms with Crippen molar-refractivity contribution in [3.63, 3.8) is 0 Å². The Bertz CT molecular complexity index is 728. The molecule has 21 heavy (non-hydrogen) atoms. The molecule has 0 heterocycles. The molecule has 1 N–H and O–H groups in total. The van der Waals surface area contributed by atoms with Crippen LogP contribution < -0.4 is 5.32 Å². The summed E-state index contributed by atoms with van der Waals surface area (Å²) in [6.07, 6.45) is 1.16. The Balaban J connectivity index is 2.18. The highest BCUT2D eigenvalue weighted by atomic mass is 32.2. The average molecular weight is 325 g/mol. The van der Waals surface area contributed by atoms with Gasteiger partial charge in [-0.3, -0.25) is 0 Å². The molecule has 0 aliphatic carbocycles. The smallest absolute Gasteiger partial charge is 0.175 e. The summed E-state index contributed by atoms with van der Waals surface area (Å²) in [5, 5.41) is 2.97. The number of rotatable bonds is 5. The molecule has 2 rings (SSSR count). The van der Waals surface area contributed by atoms with Crippen molar-refractivity contribution >= 4 is 21.6 Å². The summed E-state index contributed by atoms with van der Waals surface area (Å²) in [4.78, 5) is 1.57. The molecule has 0 aliphatic rings. The van der Waals surface area contributed by atoms with E-state index in [2.05, 4.69) is 5.32 Å². The van der Waals surface area contributed by atoms with Crippen molar-refractivity contribution in [1.82, 2.24) is 5.32 Å². The monoisotopic (exact) mass is 325 g/mol. The fourth-order valence-corrected chi connectivity index (χ4v) is 3.27. The number of benzene rings is 2. The van der Waals surface area contributed by atoms with E-state index in [1.807, 2.05) is 13.1 Å². The molecule has 0 fully saturated rings. The number of sulfone groups is 1. The third-order valence-corrected chi connectivity index (χ3v) is 5.04. The summed E-state index contributed by atoms with van der Waals surface area (Å²) in [6, 6.07) is 11.5. The molecule has 0 aliphatic heterocycles. The zero-order chi connectivity index (χ0) is 15.5. The Kier molecular flexibility index (Phi) is 5.03. The summed E-state index contributed by atoms with van der Waals surface area (Å²) < 4.78 is 36.7. The summed E-state index contributed by atoms with van der Waals surface area (Å²) in [5.74, 6) is -0.278. The highest BCUT2D eigenvalue weighted by Gasteiger charge is 2.09. The second kappa shape index (κ2) is 6.60. The van der Waals surface area contributed by atoms with E-state index in [9.17, 15) is 12.8 Å². The molecule has 0 spiro atoms. The molecule has 0 radical (unpaired) electrons. The largest absolute Gasteiger partial charge is 0.316 e. The molecule has 0 saturated carbocycles. The van der Waals surface area contributed by atoms with Crippen LogP contribution in [0.25, 0.3) is 0 Å². The first-order chi connectivity index (χ1) is 9.90. The van der Waals surface area contributed by atoms with Crippen LogP contribution in [-0.4, -0.2) is 21.7 Å². The van der Waals surface area contributed by atoms with Crippen LogP contribution in [0.15, 0.2) is 57.2 Å². The lowest BCUT2D eigenvalue weighted by atomic mass is 10.2. The van der Waals surface area contributed by atoms with Gasteiger partial charge in [0.1, 0.15) is 5.82 Å². The minimum absolute atomic E-state index is 0.261. The van der Waals surface area contributed by atoms with Crippen LogP contribution in [0.1, 0.15) is 5.56 Å². The first kappa shape index (κ1) is 16.0. The molecule has 0 unspecified atom stereocenters. The van der Waals surface area contributed by atoms with Crippen molar-refractivity contribution in [3.05, 3.63) is 53.8 Å². The maximum Gasteiger partial charge on any atom is 0.175 e. The summed E-state index contributed by atoms with van der Waals surface area (Å²) >= 11 is 1.27. The van der Waals surface area contributed by atoms with Crippen molar-refractivity contribution in [2.45, 2.75) is 21.2 Å². The van der Waals surface area contributed by atoms with Crippen molar-refractivity contribution in [2.75, 3.05) is 13.3 Å². The number of hydrogen-bond donors (Lipinski definition) is 1. The molecule has 112 valence electrons. The minimum atomic E-state index is -3.20. The molecule has 2 aromatic rings. The maximum absolute atomic E-state index is 14.0. The number of halogens is 1. The van der Waals surface area contributed by atoms with Gasteiger partial charge in [-0.25, -0.2) is 12.8 Å². The van der Waals surface area contributed by atoms with Gasteiger partial charge in [-0.1, -0.05) is 17.8 Å². The van der Waals surface area contributed by atoms with Gasteiger partial charge in [0, 0.05) is 22.6 Å². The third kappa shape index (κ3) is 4.30. The topological polar surface area (TPSA) is 46.2 Å². The second-order valence-corrected chi connectivity index (χ2v) is 7.77. The van der Waals surface area contributed by atoms with Crippen LogP contribution in [-0.2, 0) is 16.4 Å². The van der Waals surface area contributed by atoms with E-state index >= 15 is 0 Å². The highest BCUT2D eigenvalue weighted by molar-refractivity contribution is 7.99. The van der Waals surface area contributed by atoms with Gasteiger partial charge in [-0.05, 0) is 49.0 Å². The molecule has 2 aromatic carbocycles. The molecule has 0 atom stereocenters. The van der Waals surface area contributed by atoms with Crippen molar-refractivity contribution in [2.24, 2.45) is 0 Å². The summed E-state index contributed by atoms with van der Waals surface area (Å²) in [6.45, 7) is 0.616. The third-order valence-electron chi connectivity index (χ3n) is 2.86. The van der Waals surface area contributed by atoms with Gasteiger partial charge in [0.05, 0.1) is 4.90 Å². The van der Waals surface area contributed by atoms with E-state index in [0.29, 0.717) is 11.4 Å². The highest BCUT2D eigenvalue weighted by Crippen LogP contribution is 2.30. The van der Waals surface area contributed by atoms with Gasteiger partial charge in [0.25, 0.3) is 0 Å². The van der Waals surface area contributed by atoms with Crippen LogP contribution in [0.3, 0.4) is 0 Å². The van der Waals surface area contributed by atoms with Crippen LogP contribution in [0, 0.1) is 5.82 Å². The lowest BCUT2D eigenvalue weighted by Crippen LogP contribution is -2.05. The lowest BCUT2D eigenvalue weighted by Gasteiger charge is -2.06. The Labute approximate surface area is 128 Å². The van der Waals surface area contributed by atoms with Gasteiger partial charge >= 0.3 is 0 Å². The standard InChI is InChI=1S/C15H16FNO2S2/c1-17-10-11-3-8-15(14(16)9-11)20-12-4-6-13(7-5-12)21(2,18)19/h3-9,17H,10H2,1-2H3. The zero-order valence-corrected chi connectivity index (χ0v) is 13.4. The van der Waals surface area contributed by atoms with Crippen LogP contribution >= 0.6 is 11.8 Å². The van der Waals surface area contributed by atoms with Gasteiger partial charge in [-0.2, -0.15) is 0 Å². The SMILES string of the molecule is CNCc1ccc(Sc2ccc(S(C)(=O)=O)cc2)c(F)c1. The Morgan fingerprint density at radius 2 is 1.81 bits per heavy atom. The molecule has 0 saturated heterocycles. The predicted molar refractivity (Wildman–Crippen MR) is 82.8 cm³/mol. The van der Waals surface area contributed by atoms with Crippen LogP contribution in [0.2, 0.25) is 0 Å². The molecule has 3 nitrogen and oxygen atoms in total. The Morgan fingerprint density at radius 3 is 2.33 bits per heavy atom. The molecule has 0 bridgehead atoms. The molecule has 0 amide bonds. The van der Waals surface area contributed by atoms with Gasteiger partial charge in [0.15, 0.2) is 9.84 Å². The summed E-state index contributed by atoms with van der Waals surface area (Å²) in [7, 11) is -1.39. The van der Waals surface area contributed by atoms with E-state index in [0.717, 1.165) is 16.7 Å². The van der Waals surface area contributed by atoms with Crippen LogP contribution in [0.4, 0.5) is 4.39 Å². The van der Waals surface area contributed by atoms with E-state index in [1.54, 1.807) is 18.2 Å². The Morgan fingerprint density at radius 1 is 1.14 bits per heavy atom. The lowest BCUT2D eigenvalue weighted by molar-refractivity contribution is 0.597. The van der Waals surface area contributed by atoms with E-state index in [-0.39, 0.29) is 10.7 Å². The predicted octanol–water partition coefficient (Wildman–Crippen LogP) is 3.10. The first-order valence-corrected chi connectivity index (χ1v) is 9.02. The van der Waals surface area contributed by atoms with E-state index in [4.69, 9.17) is 0 Å². The molecular weight excluding hydrogens is 309 g/mol. The van der Waals surface area contributed by atoms with Gasteiger partial charge < -0.3 is 5.32 Å². The van der Waals surface area contributed by atoms with Gasteiger partial charge in [-0.15, -0.1) is 0 Å². The second-order valence-electron chi connectivity index (χ2n) is 4.64. The fourth-order valence-electron chi connectivity index (χ4n) is 1.82. The molecule has 0 aromatic heterocycles. The minimum Gasteiger partial charge on any atom is -0.316 e. The van der Waals surface area contributed by atoms with E-state index in [1.165, 1.54) is 30.0 Å². The maximum atomic E-state index is 14.0. The van der Waals surface area contributed by atoms with Crippen LogP contribution in [0.5, 0.6) is 0 Å². The van der Waals surface area contributed by atoms with E-state index < -0.39 is 9.84 Å². The van der Waals surface area contributed by atoms with Crippen molar-refractivity contribution in [3.8, 4) is 0 Å². The fraction of sp³-hybridized carbons (Fsp3) is 0.200. The quantitative estimate of drug-likeness (QED) is 0.917. The normalized spacial score (nSPS) is 11.6. The zero-order valence-electron chi connectivity index (χ0n) is 11.8.